The number of nitro benzene ring substituents is 1. The summed E-state index contributed by atoms with van der Waals surface area (Å²) in [6.45, 7) is 3.79. The van der Waals surface area contributed by atoms with Crippen LogP contribution in [0.15, 0.2) is 53.5 Å². The molecule has 3 rings (SSSR count). The van der Waals surface area contributed by atoms with E-state index in [2.05, 4.69) is 15.6 Å². The van der Waals surface area contributed by atoms with E-state index in [0.717, 1.165) is 11.3 Å². The van der Waals surface area contributed by atoms with Gasteiger partial charge in [0.15, 0.2) is 6.19 Å². The Morgan fingerprint density at radius 3 is 2.68 bits per heavy atom. The fourth-order valence-corrected chi connectivity index (χ4v) is 3.43. The Labute approximate surface area is 162 Å². The topological polar surface area (TPSA) is 124 Å². The van der Waals surface area contributed by atoms with Crippen molar-refractivity contribution in [2.24, 2.45) is 10.4 Å². The summed E-state index contributed by atoms with van der Waals surface area (Å²) >= 11 is 0. The van der Waals surface area contributed by atoms with E-state index in [1.807, 2.05) is 50.4 Å². The Morgan fingerprint density at radius 2 is 2.04 bits per heavy atom. The Morgan fingerprint density at radius 1 is 1.32 bits per heavy atom. The third-order valence-corrected chi connectivity index (χ3v) is 4.88. The average Bonchev–Trinajstić information content (AvgIpc) is 2.65. The van der Waals surface area contributed by atoms with Gasteiger partial charge in [-0.3, -0.25) is 15.4 Å². The fraction of sp³-hybridized carbons (Fsp3) is 0.300. The van der Waals surface area contributed by atoms with Crippen LogP contribution in [0.25, 0.3) is 0 Å². The number of nitro groups is 1. The minimum atomic E-state index is -0.825. The third-order valence-electron chi connectivity index (χ3n) is 4.88. The quantitative estimate of drug-likeness (QED) is 0.188. The number of hydrogen-bond donors (Lipinski definition) is 3. The van der Waals surface area contributed by atoms with Crippen LogP contribution in [0.1, 0.15) is 31.0 Å². The summed E-state index contributed by atoms with van der Waals surface area (Å²) in [5, 5.41) is 36.7. The summed E-state index contributed by atoms with van der Waals surface area (Å²) in [6, 6.07) is 13.1. The molecule has 0 aliphatic heterocycles. The number of nitrogens with zero attached hydrogens (tertiary/aromatic N) is 3. The number of aliphatic hydroxyl groups is 1. The molecule has 144 valence electrons. The van der Waals surface area contributed by atoms with E-state index in [4.69, 9.17) is 5.26 Å². The first-order valence-corrected chi connectivity index (χ1v) is 8.82. The number of nitrogens with one attached hydrogen (secondary N) is 2. The number of fused-ring (bicyclic) bond motifs is 1. The summed E-state index contributed by atoms with van der Waals surface area (Å²) in [5.41, 5.74) is 1.68. The van der Waals surface area contributed by atoms with Crippen LogP contribution >= 0.6 is 0 Å². The van der Waals surface area contributed by atoms with Gasteiger partial charge in [-0.05, 0) is 41.2 Å². The second-order valence-electron chi connectivity index (χ2n) is 7.40. The van der Waals surface area contributed by atoms with Crippen molar-refractivity contribution in [1.29, 1.82) is 5.26 Å². The largest absolute Gasteiger partial charge is 0.390 e. The van der Waals surface area contributed by atoms with Gasteiger partial charge in [-0.15, -0.1) is 0 Å². The van der Waals surface area contributed by atoms with E-state index in [1.165, 1.54) is 12.1 Å². The molecule has 8 nitrogen and oxygen atoms in total. The van der Waals surface area contributed by atoms with Crippen LogP contribution in [0.2, 0.25) is 0 Å². The smallest absolute Gasteiger partial charge is 0.269 e. The van der Waals surface area contributed by atoms with Crippen molar-refractivity contribution < 1.29 is 10.0 Å². The molecule has 0 saturated carbocycles. The zero-order valence-electron chi connectivity index (χ0n) is 15.6. The maximum Gasteiger partial charge on any atom is 0.269 e. The lowest BCUT2D eigenvalue weighted by atomic mass is 9.70. The third kappa shape index (κ3) is 3.94. The fourth-order valence-electron chi connectivity index (χ4n) is 3.43. The van der Waals surface area contributed by atoms with Gasteiger partial charge in [0.25, 0.3) is 5.69 Å². The Bertz CT molecular complexity index is 950. The van der Waals surface area contributed by atoms with Gasteiger partial charge in [0, 0.05) is 17.8 Å². The number of aliphatic imine (C=N–C) groups is 1. The molecule has 8 heteroatoms. The number of benzene rings is 2. The first-order valence-electron chi connectivity index (χ1n) is 8.82. The van der Waals surface area contributed by atoms with Crippen molar-refractivity contribution in [3.8, 4) is 6.19 Å². The maximum atomic E-state index is 11.1. The van der Waals surface area contributed by atoms with Crippen molar-refractivity contribution >= 4 is 17.3 Å². The Kier molecular flexibility index (Phi) is 5.29. The summed E-state index contributed by atoms with van der Waals surface area (Å²) in [6.07, 6.45) is 1.51. The molecule has 0 heterocycles. The molecular weight excluding hydrogens is 358 g/mol. The highest BCUT2D eigenvalue weighted by atomic mass is 16.6. The molecule has 2 aromatic carbocycles. The van der Waals surface area contributed by atoms with Gasteiger partial charge < -0.3 is 10.4 Å². The molecule has 1 aliphatic rings. The first kappa shape index (κ1) is 19.3. The minimum Gasteiger partial charge on any atom is -0.390 e. The lowest BCUT2D eigenvalue weighted by molar-refractivity contribution is -0.385. The average molecular weight is 379 g/mol. The number of nitriles is 1. The molecule has 0 amide bonds. The van der Waals surface area contributed by atoms with Gasteiger partial charge in [-0.2, -0.15) is 5.26 Å². The number of rotatable bonds is 3. The predicted octanol–water partition coefficient (Wildman–Crippen LogP) is 3.12. The molecule has 0 aromatic heterocycles. The van der Waals surface area contributed by atoms with Crippen LogP contribution < -0.4 is 10.6 Å². The van der Waals surface area contributed by atoms with Crippen LogP contribution in [0, 0.1) is 27.0 Å². The molecule has 0 fully saturated rings. The normalized spacial score (nSPS) is 20.6. The molecule has 2 atom stereocenters. The highest BCUT2D eigenvalue weighted by Crippen LogP contribution is 2.44. The monoisotopic (exact) mass is 379 g/mol. The number of guanidine groups is 1. The van der Waals surface area contributed by atoms with Crippen LogP contribution in [0.3, 0.4) is 0 Å². The Balaban J connectivity index is 2.04. The second kappa shape index (κ2) is 7.66. The van der Waals surface area contributed by atoms with Gasteiger partial charge in [0.1, 0.15) is 6.04 Å². The minimum absolute atomic E-state index is 0.00598. The van der Waals surface area contributed by atoms with Crippen LogP contribution in [-0.2, 0) is 6.42 Å². The zero-order valence-corrected chi connectivity index (χ0v) is 15.6. The molecule has 0 radical (unpaired) electrons. The van der Waals surface area contributed by atoms with Crippen LogP contribution in [0.5, 0.6) is 0 Å². The van der Waals surface area contributed by atoms with E-state index < -0.39 is 22.5 Å². The molecule has 1 aliphatic carbocycles. The molecule has 2 aromatic rings. The lowest BCUT2D eigenvalue weighted by Crippen LogP contribution is -2.41. The van der Waals surface area contributed by atoms with Gasteiger partial charge in [-0.25, -0.2) is 4.99 Å². The van der Waals surface area contributed by atoms with E-state index in [-0.39, 0.29) is 11.6 Å². The predicted molar refractivity (Wildman–Crippen MR) is 106 cm³/mol. The van der Waals surface area contributed by atoms with Crippen molar-refractivity contribution in [3.05, 3.63) is 69.8 Å². The number of non-ortho nitro benzene ring substituents is 1. The summed E-state index contributed by atoms with van der Waals surface area (Å²) in [4.78, 5) is 15.3. The summed E-state index contributed by atoms with van der Waals surface area (Å²) in [5.74, 6) is 0.194. The first-order chi connectivity index (χ1) is 13.3. The molecule has 0 saturated heterocycles. The van der Waals surface area contributed by atoms with Crippen molar-refractivity contribution in [2.75, 3.05) is 5.32 Å². The number of para-hydroxylation sites is 1. The van der Waals surface area contributed by atoms with Crippen molar-refractivity contribution in [3.63, 3.8) is 0 Å². The standard InChI is InChI=1S/C20H21N5O3/c1-20(2)11-13-10-15(25(27)28)8-9-16(13)17(18(20)26)24-19(22-12-21)23-14-6-4-3-5-7-14/h3-10,17-18,26H,11H2,1-2H3,(H2,22,23,24)/t17-,18+/m1/s1. The second-order valence-corrected chi connectivity index (χ2v) is 7.40. The van der Waals surface area contributed by atoms with Crippen LogP contribution in [0.4, 0.5) is 11.4 Å². The van der Waals surface area contributed by atoms with E-state index in [0.29, 0.717) is 12.0 Å². The molecule has 3 N–H and O–H groups in total. The zero-order chi connectivity index (χ0) is 20.3. The van der Waals surface area contributed by atoms with Gasteiger partial charge in [-0.1, -0.05) is 32.0 Å². The van der Waals surface area contributed by atoms with Crippen molar-refractivity contribution in [2.45, 2.75) is 32.4 Å². The Hall–Kier alpha value is -3.44. The highest BCUT2D eigenvalue weighted by Gasteiger charge is 2.41. The van der Waals surface area contributed by atoms with E-state index in [1.54, 1.807) is 6.07 Å². The maximum absolute atomic E-state index is 11.1. The molecule has 0 spiro atoms. The van der Waals surface area contributed by atoms with Gasteiger partial charge >= 0.3 is 0 Å². The molecule has 28 heavy (non-hydrogen) atoms. The van der Waals surface area contributed by atoms with Crippen molar-refractivity contribution in [1.82, 2.24) is 5.32 Å². The van der Waals surface area contributed by atoms with Gasteiger partial charge in [0.05, 0.1) is 11.0 Å². The molecule has 0 unspecified atom stereocenters. The van der Waals surface area contributed by atoms with E-state index >= 15 is 0 Å². The molecule has 0 bridgehead atoms. The molecular formula is C20H21N5O3. The summed E-state index contributed by atoms with van der Waals surface area (Å²) < 4.78 is 0. The lowest BCUT2D eigenvalue weighted by Gasteiger charge is -2.40. The number of anilines is 1. The number of aliphatic hydroxyl groups excluding tert-OH is 1. The SMILES string of the molecule is CC1(C)Cc2cc([N+](=O)[O-])ccc2[C@@H](N=C(NC#N)Nc2ccccc2)[C@@H]1O. The number of hydrogen-bond acceptors (Lipinski definition) is 5. The van der Waals surface area contributed by atoms with Crippen LogP contribution in [-0.4, -0.2) is 22.1 Å². The van der Waals surface area contributed by atoms with E-state index in [9.17, 15) is 15.2 Å². The van der Waals surface area contributed by atoms with Gasteiger partial charge in [0.2, 0.25) is 5.96 Å². The summed E-state index contributed by atoms with van der Waals surface area (Å²) in [7, 11) is 0. The highest BCUT2D eigenvalue weighted by molar-refractivity contribution is 5.94.